The van der Waals surface area contributed by atoms with Gasteiger partial charge in [-0.25, -0.2) is 9.97 Å². The molecular formula is C20H15ClN4O8Se. The van der Waals surface area contributed by atoms with Gasteiger partial charge in [0.2, 0.25) is 17.3 Å². The van der Waals surface area contributed by atoms with Gasteiger partial charge in [-0.05, 0) is 31.2 Å². The monoisotopic (exact) mass is 554 g/mol. The summed E-state index contributed by atoms with van der Waals surface area (Å²) >= 11 is 3.98. The topological polar surface area (TPSA) is 229 Å². The third kappa shape index (κ3) is 5.71. The Hall–Kier alpha value is -3.90. The average molecular weight is 554 g/mol. The van der Waals surface area contributed by atoms with E-state index in [0.717, 1.165) is 6.08 Å². The third-order valence-corrected chi connectivity index (χ3v) is 4.62. The van der Waals surface area contributed by atoms with Crippen molar-refractivity contribution < 1.29 is 37.1 Å². The van der Waals surface area contributed by atoms with E-state index in [1.54, 1.807) is 19.1 Å². The van der Waals surface area contributed by atoms with Crippen LogP contribution in [-0.2, 0) is 7.67 Å². The first-order valence-corrected chi connectivity index (χ1v) is 10.5. The zero-order valence-corrected chi connectivity index (χ0v) is 19.6. The molecule has 2 aromatic rings. The predicted octanol–water partition coefficient (Wildman–Crippen LogP) is -0.149. The van der Waals surface area contributed by atoms with Gasteiger partial charge in [0.05, 0.1) is 16.8 Å². The summed E-state index contributed by atoms with van der Waals surface area (Å²) in [5.74, 6) is -1.82. The summed E-state index contributed by atoms with van der Waals surface area (Å²) in [6, 6.07) is 5.96. The number of aryl methyl sites for hydroxylation is 1. The van der Waals surface area contributed by atoms with Crippen LogP contribution < -0.4 is 11.5 Å². The van der Waals surface area contributed by atoms with E-state index in [1.807, 2.05) is 0 Å². The molecule has 2 heterocycles. The van der Waals surface area contributed by atoms with Crippen molar-refractivity contribution in [2.75, 3.05) is 0 Å². The number of nitrogens with zero attached hydrogens (tertiary/aromatic N) is 2. The zero-order valence-electron chi connectivity index (χ0n) is 17.2. The van der Waals surface area contributed by atoms with Crippen LogP contribution in [0, 0.1) is 6.92 Å². The fraction of sp³-hybridized carbons (Fsp3) is 0.0500. The van der Waals surface area contributed by atoms with Gasteiger partial charge in [0.1, 0.15) is 27.8 Å². The Morgan fingerprint density at radius 3 is 2.03 bits per heavy atom. The van der Waals surface area contributed by atoms with Crippen molar-refractivity contribution in [3.8, 4) is 0 Å². The number of aldehydes is 1. The molecule has 176 valence electrons. The number of rotatable bonds is 1. The molecule has 0 aliphatic heterocycles. The van der Waals surface area contributed by atoms with E-state index in [9.17, 15) is 24.0 Å². The van der Waals surface area contributed by atoms with Crippen molar-refractivity contribution in [2.45, 2.75) is 6.92 Å². The molecule has 12 nitrogen and oxygen atoms in total. The van der Waals surface area contributed by atoms with E-state index in [0.29, 0.717) is 17.5 Å². The molecule has 4 rings (SSSR count). The van der Waals surface area contributed by atoms with Crippen molar-refractivity contribution in [1.82, 2.24) is 9.97 Å². The van der Waals surface area contributed by atoms with Gasteiger partial charge in [-0.3, -0.25) is 24.0 Å². The fourth-order valence-electron chi connectivity index (χ4n) is 2.71. The number of Topliss-reactive ketones (excluding diaryl/α,β-unsaturated/α-hetero) is 3. The second-order valence-corrected chi connectivity index (χ2v) is 7.01. The van der Waals surface area contributed by atoms with Crippen molar-refractivity contribution in [3.63, 3.8) is 0 Å². The molecule has 14 heteroatoms. The van der Waals surface area contributed by atoms with Gasteiger partial charge in [-0.2, -0.15) is 0 Å². The molecule has 0 saturated carbocycles. The van der Waals surface area contributed by atoms with E-state index in [-0.39, 0.29) is 56.1 Å². The molecule has 0 bridgehead atoms. The van der Waals surface area contributed by atoms with Gasteiger partial charge in [0, 0.05) is 11.8 Å². The molecule has 0 unspecified atom stereocenters. The molecule has 0 spiro atoms. The average Bonchev–Trinajstić information content (AvgIpc) is 2.80. The zero-order chi connectivity index (χ0) is 24.9. The van der Waals surface area contributed by atoms with Crippen molar-refractivity contribution in [2.24, 2.45) is 11.5 Å². The van der Waals surface area contributed by atoms with Crippen LogP contribution in [0.3, 0.4) is 0 Å². The van der Waals surface area contributed by atoms with Crippen molar-refractivity contribution in [1.29, 1.82) is 0 Å². The van der Waals surface area contributed by atoms with Crippen LogP contribution in [0.1, 0.15) is 57.9 Å². The Kier molecular flexibility index (Phi) is 9.78. The van der Waals surface area contributed by atoms with Gasteiger partial charge < -0.3 is 16.9 Å². The van der Waals surface area contributed by atoms with Crippen LogP contribution in [0.15, 0.2) is 46.8 Å². The molecule has 0 radical (unpaired) electrons. The summed E-state index contributed by atoms with van der Waals surface area (Å²) in [6.07, 6.45) is 1.62. The number of aromatic nitrogens is 2. The normalized spacial score (nSPS) is 13.6. The summed E-state index contributed by atoms with van der Waals surface area (Å²) in [5.41, 5.74) is 11.6. The van der Waals surface area contributed by atoms with Crippen molar-refractivity contribution >= 4 is 55.8 Å². The van der Waals surface area contributed by atoms with Crippen LogP contribution in [0.2, 0.25) is 0 Å². The molecule has 6 N–H and O–H groups in total. The second-order valence-electron chi connectivity index (χ2n) is 6.35. The van der Waals surface area contributed by atoms with Crippen LogP contribution in [0.25, 0.3) is 0 Å². The number of allylic oxidation sites excluding steroid dienone is 4. The number of pyridine rings is 2. The summed E-state index contributed by atoms with van der Waals surface area (Å²) < 4.78 is 16.9. The number of carbonyl (C=O) groups is 5. The first-order chi connectivity index (χ1) is 15.6. The number of hydrogen-bond donors (Lipinski definition) is 2. The SMILES string of the molecule is Cc1ccc2c(n1)C(=O)C(N)=CC2=O.NC1=C(Cl)C(=O)c2ccc(C=O)nc2C1=O.O.O=[Se]=O. The molecule has 0 amide bonds. The van der Waals surface area contributed by atoms with E-state index < -0.39 is 26.4 Å². The first-order valence-electron chi connectivity index (χ1n) is 8.73. The fourth-order valence-corrected chi connectivity index (χ4v) is 2.90. The minimum absolute atomic E-state index is 0. The molecule has 0 atom stereocenters. The summed E-state index contributed by atoms with van der Waals surface area (Å²) in [4.78, 5) is 64.4. The number of fused-ring (bicyclic) bond motifs is 2. The Bertz CT molecular complexity index is 1330. The maximum atomic E-state index is 11.6. The van der Waals surface area contributed by atoms with E-state index in [2.05, 4.69) is 9.97 Å². The molecule has 0 fully saturated rings. The predicted molar refractivity (Wildman–Crippen MR) is 116 cm³/mol. The first kappa shape index (κ1) is 28.1. The number of nitrogens with two attached hydrogens (primary N) is 2. The molecule has 34 heavy (non-hydrogen) atoms. The number of ketones is 4. The van der Waals surface area contributed by atoms with E-state index in [4.69, 9.17) is 30.7 Å². The van der Waals surface area contributed by atoms with Crippen LogP contribution in [-0.4, -0.2) is 59.7 Å². The Morgan fingerprint density at radius 1 is 0.882 bits per heavy atom. The maximum absolute atomic E-state index is 11.6. The van der Waals surface area contributed by atoms with Crippen LogP contribution in [0.4, 0.5) is 0 Å². The minimum atomic E-state index is -1.62. The summed E-state index contributed by atoms with van der Waals surface area (Å²) in [7, 11) is 0. The molecule has 2 aliphatic carbocycles. The Balaban J connectivity index is 0.000000299. The molecule has 0 saturated heterocycles. The molecule has 2 aliphatic rings. The third-order valence-electron chi connectivity index (χ3n) is 4.24. The quantitative estimate of drug-likeness (QED) is 0.348. The van der Waals surface area contributed by atoms with Gasteiger partial charge in [-0.1, -0.05) is 11.6 Å². The summed E-state index contributed by atoms with van der Waals surface area (Å²) in [5, 5.41) is -0.307. The van der Waals surface area contributed by atoms with Gasteiger partial charge >= 0.3 is 22.5 Å². The Morgan fingerprint density at radius 2 is 1.44 bits per heavy atom. The number of hydrogen-bond acceptors (Lipinski definition) is 11. The number of carbonyl (C=O) groups excluding carboxylic acids is 5. The van der Waals surface area contributed by atoms with Gasteiger partial charge in [0.15, 0.2) is 12.1 Å². The van der Waals surface area contributed by atoms with E-state index in [1.165, 1.54) is 12.1 Å². The summed E-state index contributed by atoms with van der Waals surface area (Å²) in [6.45, 7) is 1.76. The number of halogens is 1. The van der Waals surface area contributed by atoms with Gasteiger partial charge in [-0.15, -0.1) is 0 Å². The van der Waals surface area contributed by atoms with Crippen molar-refractivity contribution in [3.05, 3.63) is 80.7 Å². The van der Waals surface area contributed by atoms with Gasteiger partial charge in [0.25, 0.3) is 0 Å². The molecule has 2 aromatic heterocycles. The molecular weight excluding hydrogens is 539 g/mol. The second kappa shape index (κ2) is 11.8. The van der Waals surface area contributed by atoms with Crippen LogP contribution in [0.5, 0.6) is 0 Å². The van der Waals surface area contributed by atoms with Crippen LogP contribution >= 0.6 is 11.6 Å². The molecule has 0 aromatic carbocycles. The van der Waals surface area contributed by atoms with E-state index >= 15 is 0 Å². The Labute approximate surface area is 201 Å². The standard InChI is InChI=1S/C10H5ClN2O3.C10H8N2O2.O2Se.H2O/c11-6-7(12)10(16)8-5(9(6)15)2-1-4(3-14)13-8;1-5-2-3-6-8(13)4-7(11)10(14)9(6)12-5;1-3-2;/h1-3H,12H2;2-4H,11H2,1H3;;1H2.